The van der Waals surface area contributed by atoms with Crippen LogP contribution >= 0.6 is 0 Å². The number of carbonyl (C=O) groups excluding carboxylic acids is 1. The average Bonchev–Trinajstić information content (AvgIpc) is 2.03. The largest absolute Gasteiger partial charge is 0.475 e. The molecule has 2 N–H and O–H groups in total. The molecule has 0 aliphatic carbocycles. The molecule has 0 aromatic carbocycles. The van der Waals surface area contributed by atoms with Crippen molar-refractivity contribution >= 4 is 5.91 Å². The highest BCUT2D eigenvalue weighted by Gasteiger charge is 2.04. The van der Waals surface area contributed by atoms with E-state index < -0.39 is 5.91 Å². The molecule has 0 fully saturated rings. The first-order valence-corrected chi connectivity index (χ1v) is 3.95. The van der Waals surface area contributed by atoms with Crippen LogP contribution in [0.15, 0.2) is 12.1 Å². The Morgan fingerprint density at radius 2 is 2.38 bits per heavy atom. The van der Waals surface area contributed by atoms with Crippen LogP contribution in [-0.4, -0.2) is 17.0 Å². The van der Waals surface area contributed by atoms with E-state index in [2.05, 4.69) is 11.1 Å². The molecule has 0 spiro atoms. The van der Waals surface area contributed by atoms with Crippen LogP contribution in [0.4, 0.5) is 0 Å². The number of pyridine rings is 1. The van der Waals surface area contributed by atoms with Crippen LogP contribution in [0.3, 0.4) is 0 Å². The molecule has 4 heteroatoms. The third-order valence-corrected chi connectivity index (χ3v) is 1.26. The molecule has 69 valence electrons. The fourth-order valence-electron chi connectivity index (χ4n) is 0.805. The van der Waals surface area contributed by atoms with E-state index in [9.17, 15) is 4.79 Å². The van der Waals surface area contributed by atoms with Crippen molar-refractivity contribution in [1.29, 1.82) is 0 Å². The minimum absolute atomic E-state index is 0.0237. The standard InChI is InChI=1S/C9H11N2O2/c1-6(2)13-8-5-3-4-7(11-8)9(10)12/h3,5-6H,1-2H3,(H2,10,12). The van der Waals surface area contributed by atoms with Crippen LogP contribution in [-0.2, 0) is 0 Å². The predicted octanol–water partition coefficient (Wildman–Crippen LogP) is 0.768. The summed E-state index contributed by atoms with van der Waals surface area (Å²) in [7, 11) is 0. The van der Waals surface area contributed by atoms with Crippen molar-refractivity contribution in [3.63, 3.8) is 0 Å². The number of rotatable bonds is 3. The maximum absolute atomic E-state index is 10.7. The normalized spacial score (nSPS) is 10.1. The molecule has 1 radical (unpaired) electrons. The molecule has 0 saturated heterocycles. The summed E-state index contributed by atoms with van der Waals surface area (Å²) in [4.78, 5) is 14.6. The van der Waals surface area contributed by atoms with Gasteiger partial charge in [0.25, 0.3) is 5.91 Å². The van der Waals surface area contributed by atoms with E-state index in [1.165, 1.54) is 0 Å². The zero-order chi connectivity index (χ0) is 9.84. The molecule has 13 heavy (non-hydrogen) atoms. The topological polar surface area (TPSA) is 65.2 Å². The van der Waals surface area contributed by atoms with Gasteiger partial charge in [0.15, 0.2) is 0 Å². The van der Waals surface area contributed by atoms with Crippen LogP contribution in [0.5, 0.6) is 5.88 Å². The summed E-state index contributed by atoms with van der Waals surface area (Å²) in [6.07, 6.45) is 0.0237. The summed E-state index contributed by atoms with van der Waals surface area (Å²) in [5.41, 5.74) is 5.12. The van der Waals surface area contributed by atoms with Crippen LogP contribution in [0.25, 0.3) is 0 Å². The maximum atomic E-state index is 10.7. The van der Waals surface area contributed by atoms with Crippen molar-refractivity contribution in [2.24, 2.45) is 5.73 Å². The lowest BCUT2D eigenvalue weighted by Gasteiger charge is -2.08. The van der Waals surface area contributed by atoms with Gasteiger partial charge in [0.2, 0.25) is 5.88 Å². The molecule has 1 rings (SSSR count). The highest BCUT2D eigenvalue weighted by Crippen LogP contribution is 2.08. The second-order valence-corrected chi connectivity index (χ2v) is 2.81. The van der Waals surface area contributed by atoms with Gasteiger partial charge in [0.05, 0.1) is 6.10 Å². The average molecular weight is 179 g/mol. The molecule has 1 amide bonds. The van der Waals surface area contributed by atoms with Gasteiger partial charge >= 0.3 is 0 Å². The number of hydrogen-bond acceptors (Lipinski definition) is 3. The Kier molecular flexibility index (Phi) is 2.84. The fraction of sp³-hybridized carbons (Fsp3) is 0.333. The Bertz CT molecular complexity index is 310. The van der Waals surface area contributed by atoms with Crippen molar-refractivity contribution in [2.45, 2.75) is 20.0 Å². The van der Waals surface area contributed by atoms with Gasteiger partial charge in [-0.25, -0.2) is 4.98 Å². The van der Waals surface area contributed by atoms with Gasteiger partial charge in [-0.15, -0.1) is 0 Å². The Morgan fingerprint density at radius 1 is 1.69 bits per heavy atom. The van der Waals surface area contributed by atoms with Crippen LogP contribution in [0, 0.1) is 6.07 Å². The van der Waals surface area contributed by atoms with E-state index in [-0.39, 0.29) is 11.8 Å². The Morgan fingerprint density at radius 3 is 2.92 bits per heavy atom. The summed E-state index contributed by atoms with van der Waals surface area (Å²) < 4.78 is 5.27. The number of aromatic nitrogens is 1. The lowest BCUT2D eigenvalue weighted by atomic mass is 10.3. The van der Waals surface area contributed by atoms with E-state index in [4.69, 9.17) is 10.5 Å². The van der Waals surface area contributed by atoms with E-state index in [0.29, 0.717) is 5.88 Å². The molecule has 0 aliphatic heterocycles. The Hall–Kier alpha value is -1.58. The van der Waals surface area contributed by atoms with E-state index >= 15 is 0 Å². The summed E-state index contributed by atoms with van der Waals surface area (Å²) in [6, 6.07) is 5.81. The Labute approximate surface area is 76.7 Å². The van der Waals surface area contributed by atoms with Crippen molar-refractivity contribution < 1.29 is 9.53 Å². The molecule has 0 atom stereocenters. The zero-order valence-electron chi connectivity index (χ0n) is 7.57. The quantitative estimate of drug-likeness (QED) is 0.745. The third kappa shape index (κ3) is 2.74. The molecule has 1 aromatic rings. The number of nitrogens with zero attached hydrogens (tertiary/aromatic N) is 1. The van der Waals surface area contributed by atoms with Gasteiger partial charge in [0.1, 0.15) is 5.69 Å². The first-order valence-electron chi connectivity index (χ1n) is 3.95. The maximum Gasteiger partial charge on any atom is 0.268 e. The molecule has 1 aromatic heterocycles. The number of amides is 1. The van der Waals surface area contributed by atoms with E-state index in [1.807, 2.05) is 13.8 Å². The number of primary amides is 1. The molecule has 0 bridgehead atoms. The second kappa shape index (κ2) is 3.89. The van der Waals surface area contributed by atoms with Gasteiger partial charge in [0, 0.05) is 12.1 Å². The van der Waals surface area contributed by atoms with Crippen molar-refractivity contribution in [3.05, 3.63) is 23.9 Å². The summed E-state index contributed by atoms with van der Waals surface area (Å²) in [6.45, 7) is 3.75. The first-order chi connectivity index (χ1) is 6.09. The van der Waals surface area contributed by atoms with Gasteiger partial charge in [-0.3, -0.25) is 4.79 Å². The first kappa shape index (κ1) is 9.51. The molecule has 0 unspecified atom stereocenters. The summed E-state index contributed by atoms with van der Waals surface area (Å²) in [5, 5.41) is 0. The lowest BCUT2D eigenvalue weighted by molar-refractivity contribution is 0.0993. The molecular formula is C9H11N2O2. The van der Waals surface area contributed by atoms with Gasteiger partial charge < -0.3 is 10.5 Å². The summed E-state index contributed by atoms with van der Waals surface area (Å²) in [5.74, 6) is -0.211. The summed E-state index contributed by atoms with van der Waals surface area (Å²) >= 11 is 0. The SMILES string of the molecule is CC(C)Oc1cc[c]c(C(N)=O)n1. The highest BCUT2D eigenvalue weighted by atomic mass is 16.5. The highest BCUT2D eigenvalue weighted by molar-refractivity contribution is 5.90. The number of hydrogen-bond donors (Lipinski definition) is 1. The van der Waals surface area contributed by atoms with Gasteiger partial charge in [-0.1, -0.05) is 0 Å². The van der Waals surface area contributed by atoms with Crippen LogP contribution < -0.4 is 10.5 Å². The molecule has 0 aliphatic rings. The minimum Gasteiger partial charge on any atom is -0.475 e. The molecular weight excluding hydrogens is 168 g/mol. The van der Waals surface area contributed by atoms with Crippen molar-refractivity contribution in [3.8, 4) is 5.88 Å². The fourth-order valence-corrected chi connectivity index (χ4v) is 0.805. The molecule has 0 saturated carbocycles. The van der Waals surface area contributed by atoms with E-state index in [0.717, 1.165) is 0 Å². The third-order valence-electron chi connectivity index (χ3n) is 1.26. The van der Waals surface area contributed by atoms with Gasteiger partial charge in [-0.05, 0) is 19.9 Å². The van der Waals surface area contributed by atoms with Crippen LogP contribution in [0.1, 0.15) is 24.3 Å². The monoisotopic (exact) mass is 179 g/mol. The molecule has 1 heterocycles. The van der Waals surface area contributed by atoms with E-state index in [1.54, 1.807) is 12.1 Å². The minimum atomic E-state index is -0.603. The zero-order valence-corrected chi connectivity index (χ0v) is 7.57. The van der Waals surface area contributed by atoms with Gasteiger partial charge in [-0.2, -0.15) is 0 Å². The smallest absolute Gasteiger partial charge is 0.268 e. The molecule has 4 nitrogen and oxygen atoms in total. The van der Waals surface area contributed by atoms with Crippen molar-refractivity contribution in [1.82, 2.24) is 4.98 Å². The Balaban J connectivity index is 2.85. The number of carbonyl (C=O) groups is 1. The number of nitrogens with two attached hydrogens (primary N) is 1. The lowest BCUT2D eigenvalue weighted by Crippen LogP contribution is -2.14. The second-order valence-electron chi connectivity index (χ2n) is 2.81. The predicted molar refractivity (Wildman–Crippen MR) is 47.4 cm³/mol. The number of ether oxygens (including phenoxy) is 1. The van der Waals surface area contributed by atoms with Crippen molar-refractivity contribution in [2.75, 3.05) is 0 Å². The van der Waals surface area contributed by atoms with Crippen LogP contribution in [0.2, 0.25) is 0 Å².